The number of benzene rings is 4. The smallest absolute Gasteiger partial charge is 0.295 e. The molecule has 0 fully saturated rings. The molecule has 0 aliphatic heterocycles. The minimum atomic E-state index is -4.48. The molecule has 6 heteroatoms. The molecule has 0 amide bonds. The lowest BCUT2D eigenvalue weighted by Gasteiger charge is -2.24. The van der Waals surface area contributed by atoms with Crippen molar-refractivity contribution in [2.45, 2.75) is 24.9 Å². The monoisotopic (exact) mass is 585 g/mol. The van der Waals surface area contributed by atoms with Crippen LogP contribution in [0.15, 0.2) is 144 Å². The van der Waals surface area contributed by atoms with E-state index in [9.17, 15) is 13.0 Å². The number of anilines is 1. The van der Waals surface area contributed by atoms with Crippen molar-refractivity contribution >= 4 is 27.1 Å². The fraction of sp³-hybridized carbons (Fsp3) is 0.108. The van der Waals surface area contributed by atoms with Gasteiger partial charge in [0.05, 0.1) is 0 Å². The van der Waals surface area contributed by atoms with Gasteiger partial charge in [-0.15, -0.1) is 4.58 Å². The lowest BCUT2D eigenvalue weighted by Crippen LogP contribution is -2.21. The molecule has 4 aromatic rings. The summed E-state index contributed by atoms with van der Waals surface area (Å²) in [5, 5.41) is 0. The third kappa shape index (κ3) is 7.10. The van der Waals surface area contributed by atoms with E-state index in [-0.39, 0.29) is 4.90 Å². The Morgan fingerprint density at radius 1 is 0.791 bits per heavy atom. The Balaban J connectivity index is 1.57. The van der Waals surface area contributed by atoms with E-state index >= 15 is 0 Å². The van der Waals surface area contributed by atoms with Crippen LogP contribution in [0.4, 0.5) is 5.69 Å². The van der Waals surface area contributed by atoms with E-state index in [0.717, 1.165) is 41.2 Å². The zero-order valence-corrected chi connectivity index (χ0v) is 24.8. The van der Waals surface area contributed by atoms with E-state index in [1.807, 2.05) is 102 Å². The van der Waals surface area contributed by atoms with Gasteiger partial charge < -0.3 is 4.90 Å². The molecule has 1 N–H and O–H groups in total. The second-order valence-electron chi connectivity index (χ2n) is 10.1. The minimum absolute atomic E-state index is 0.147. The third-order valence-corrected chi connectivity index (χ3v) is 8.27. The van der Waals surface area contributed by atoms with E-state index in [2.05, 4.69) is 30.0 Å². The van der Waals surface area contributed by atoms with Crippen LogP contribution in [0, 0.1) is 12.5 Å². The molecule has 1 aliphatic carbocycles. The fourth-order valence-electron chi connectivity index (χ4n) is 5.19. The van der Waals surface area contributed by atoms with Gasteiger partial charge in [0, 0.05) is 42.1 Å². The summed E-state index contributed by atoms with van der Waals surface area (Å²) in [6, 6.07) is 37.7. The van der Waals surface area contributed by atoms with Gasteiger partial charge in [0.2, 0.25) is 11.8 Å². The van der Waals surface area contributed by atoms with E-state index < -0.39 is 10.1 Å². The lowest BCUT2D eigenvalue weighted by molar-refractivity contribution is -0.451. The lowest BCUT2D eigenvalue weighted by atomic mass is 9.90. The molecule has 0 bridgehead atoms. The van der Waals surface area contributed by atoms with Crippen LogP contribution in [0.1, 0.15) is 29.2 Å². The zero-order valence-electron chi connectivity index (χ0n) is 24.0. The summed E-state index contributed by atoms with van der Waals surface area (Å²) < 4.78 is 36.8. The van der Waals surface area contributed by atoms with Crippen molar-refractivity contribution in [3.8, 4) is 12.5 Å². The Hall–Kier alpha value is -4.96. The fourth-order valence-corrected chi connectivity index (χ4v) is 5.89. The molecule has 5 rings (SSSR count). The predicted molar refractivity (Wildman–Crippen MR) is 174 cm³/mol. The normalized spacial score (nSPS) is 12.6. The van der Waals surface area contributed by atoms with Crippen LogP contribution in [0.2, 0.25) is 0 Å². The topological polar surface area (TPSA) is 60.6 Å². The van der Waals surface area contributed by atoms with Crippen molar-refractivity contribution in [2.24, 2.45) is 0 Å². The van der Waals surface area contributed by atoms with Gasteiger partial charge in [0.15, 0.2) is 6.54 Å². The maximum Gasteiger partial charge on any atom is 0.295 e. The number of hydrogen-bond donors (Lipinski definition) is 1. The zero-order chi connectivity index (χ0) is 30.2. The van der Waals surface area contributed by atoms with Crippen molar-refractivity contribution in [3.63, 3.8) is 0 Å². The van der Waals surface area contributed by atoms with Crippen molar-refractivity contribution in [2.75, 3.05) is 11.4 Å². The Morgan fingerprint density at radius 3 is 1.95 bits per heavy atom. The van der Waals surface area contributed by atoms with E-state index in [0.29, 0.717) is 17.7 Å². The second-order valence-corrected chi connectivity index (χ2v) is 11.5. The van der Waals surface area contributed by atoms with Crippen LogP contribution in [0.3, 0.4) is 0 Å². The predicted octanol–water partition coefficient (Wildman–Crippen LogP) is 7.13. The number of allylic oxidation sites excluding steroid dienone is 5. The van der Waals surface area contributed by atoms with Gasteiger partial charge in [0.25, 0.3) is 10.1 Å². The van der Waals surface area contributed by atoms with Crippen LogP contribution in [0.5, 0.6) is 0 Å². The van der Waals surface area contributed by atoms with Crippen molar-refractivity contribution in [1.82, 2.24) is 0 Å². The first-order valence-electron chi connectivity index (χ1n) is 14.1. The summed E-state index contributed by atoms with van der Waals surface area (Å²) in [5.74, 6) is 0. The molecule has 4 aromatic carbocycles. The maximum absolute atomic E-state index is 12.4. The molecule has 0 aromatic heterocycles. The largest absolute Gasteiger partial charge is 0.367 e. The Labute approximate surface area is 254 Å². The van der Waals surface area contributed by atoms with Gasteiger partial charge in [0.1, 0.15) is 4.90 Å². The highest BCUT2D eigenvalue weighted by Gasteiger charge is 2.22. The van der Waals surface area contributed by atoms with E-state index in [1.54, 1.807) is 18.2 Å². The molecular weight excluding hydrogens is 552 g/mol. The molecule has 214 valence electrons. The van der Waals surface area contributed by atoms with Gasteiger partial charge in [-0.25, -0.2) is 0 Å². The van der Waals surface area contributed by atoms with Gasteiger partial charge in [-0.3, -0.25) is 4.55 Å². The summed E-state index contributed by atoms with van der Waals surface area (Å²) in [7, 11) is -4.48. The summed E-state index contributed by atoms with van der Waals surface area (Å²) in [4.78, 5) is 2.13. The van der Waals surface area contributed by atoms with Crippen LogP contribution in [-0.4, -0.2) is 29.8 Å². The van der Waals surface area contributed by atoms with E-state index in [1.165, 1.54) is 11.6 Å². The second kappa shape index (κ2) is 13.3. The average Bonchev–Trinajstić information content (AvgIpc) is 3.04. The quantitative estimate of drug-likeness (QED) is 0.0983. The molecule has 1 aliphatic rings. The summed E-state index contributed by atoms with van der Waals surface area (Å²) in [6.45, 7) is 4.27. The first-order chi connectivity index (χ1) is 20.9. The average molecular weight is 586 g/mol. The van der Waals surface area contributed by atoms with Crippen LogP contribution in [-0.2, 0) is 23.2 Å². The Morgan fingerprint density at radius 2 is 1.37 bits per heavy atom. The first-order valence-corrected chi connectivity index (χ1v) is 15.5. The van der Waals surface area contributed by atoms with Crippen molar-refractivity contribution < 1.29 is 17.5 Å². The number of rotatable bonds is 9. The van der Waals surface area contributed by atoms with Gasteiger partial charge in [-0.1, -0.05) is 91.0 Å². The molecule has 0 atom stereocenters. The Bertz CT molecular complexity index is 1850. The molecular formula is C37H33N2O3S+. The molecule has 0 heterocycles. The molecule has 0 unspecified atom stereocenters. The summed E-state index contributed by atoms with van der Waals surface area (Å²) in [6.07, 6.45) is 13.6. The third-order valence-electron chi connectivity index (χ3n) is 7.36. The first kappa shape index (κ1) is 29.5. The summed E-state index contributed by atoms with van der Waals surface area (Å²) >= 11 is 0. The number of nitrogens with zero attached hydrogens (tertiary/aromatic N) is 2. The molecule has 0 saturated heterocycles. The van der Waals surface area contributed by atoms with Crippen molar-refractivity contribution in [3.05, 3.63) is 161 Å². The van der Waals surface area contributed by atoms with Crippen LogP contribution < -0.4 is 4.90 Å². The molecule has 43 heavy (non-hydrogen) atoms. The number of terminal acetylenes is 1. The highest BCUT2D eigenvalue weighted by molar-refractivity contribution is 7.86. The van der Waals surface area contributed by atoms with Gasteiger partial charge >= 0.3 is 0 Å². The summed E-state index contributed by atoms with van der Waals surface area (Å²) in [5.41, 5.74) is 6.92. The van der Waals surface area contributed by atoms with Gasteiger partial charge in [-0.05, 0) is 66.0 Å². The van der Waals surface area contributed by atoms with Crippen LogP contribution in [0.25, 0.3) is 5.57 Å². The highest BCUT2D eigenvalue weighted by Crippen LogP contribution is 2.34. The highest BCUT2D eigenvalue weighted by atomic mass is 32.2. The number of hydrogen-bond acceptors (Lipinski definition) is 3. The van der Waals surface area contributed by atoms with Gasteiger partial charge in [-0.2, -0.15) is 8.42 Å². The minimum Gasteiger partial charge on any atom is -0.367 e. The SMILES string of the molecule is C#C[N+](Cc1ccccc1)=C1C=CC(=C(c2ccc(N(CC)Cc3ccccc3)cc2)c2ccccc2S(=O)(=O)O)C=C1. The molecule has 0 saturated carbocycles. The molecule has 0 spiro atoms. The maximum atomic E-state index is 12.4. The van der Waals surface area contributed by atoms with E-state index in [4.69, 9.17) is 6.42 Å². The molecule has 0 radical (unpaired) electrons. The van der Waals surface area contributed by atoms with Crippen LogP contribution >= 0.6 is 0 Å². The molecule has 5 nitrogen and oxygen atoms in total. The standard InChI is InChI=1S/C37H32N2O3S/c1-3-38(27-29-13-7-5-8-14-29)33-23-19-31(20-24-33)37(35-17-11-12-18-36(35)43(40,41)42)32-21-25-34(26-22-32)39(4-2)28-30-15-9-6-10-16-30/h1,5-26H,4,27-28H2,2H3/p+1. The Kier molecular flexibility index (Phi) is 9.17. The van der Waals surface area contributed by atoms with Crippen molar-refractivity contribution in [1.29, 1.82) is 0 Å².